The summed E-state index contributed by atoms with van der Waals surface area (Å²) in [5, 5.41) is 0. The lowest BCUT2D eigenvalue weighted by Crippen LogP contribution is -2.74. The minimum absolute atomic E-state index is 0.00967. The van der Waals surface area contributed by atoms with E-state index in [1.807, 2.05) is 19.0 Å². The van der Waals surface area contributed by atoms with Crippen LogP contribution in [0.5, 0.6) is 0 Å². The number of hydrogen-bond donors (Lipinski definition) is 0. The van der Waals surface area contributed by atoms with Gasteiger partial charge in [-0.05, 0) is 20.5 Å². The van der Waals surface area contributed by atoms with Gasteiger partial charge in [0.2, 0.25) is 5.79 Å². The minimum atomic E-state index is -1.25. The van der Waals surface area contributed by atoms with E-state index in [1.165, 1.54) is 20.8 Å². The van der Waals surface area contributed by atoms with Gasteiger partial charge in [0.05, 0.1) is 13.2 Å². The van der Waals surface area contributed by atoms with Crippen molar-refractivity contribution >= 4 is 17.9 Å². The van der Waals surface area contributed by atoms with Gasteiger partial charge in [-0.1, -0.05) is 0 Å². The van der Waals surface area contributed by atoms with Gasteiger partial charge in [-0.3, -0.25) is 14.4 Å². The quantitative estimate of drug-likeness (QED) is 0.459. The van der Waals surface area contributed by atoms with Crippen LogP contribution >= 0.6 is 0 Å². The van der Waals surface area contributed by atoms with E-state index in [0.717, 1.165) is 0 Å². The summed E-state index contributed by atoms with van der Waals surface area (Å²) in [5.74, 6) is -2.93. The van der Waals surface area contributed by atoms with Gasteiger partial charge >= 0.3 is 17.9 Å². The number of esters is 3. The summed E-state index contributed by atoms with van der Waals surface area (Å²) >= 11 is 0. The molecule has 1 aliphatic carbocycles. The van der Waals surface area contributed by atoms with E-state index in [1.54, 1.807) is 0 Å². The van der Waals surface area contributed by atoms with Crippen LogP contribution in [0.25, 0.3) is 0 Å². The van der Waals surface area contributed by atoms with Crippen LogP contribution in [0.1, 0.15) is 33.6 Å². The number of carbonyl (C=O) groups is 3. The lowest BCUT2D eigenvalue weighted by atomic mass is 9.73. The van der Waals surface area contributed by atoms with Gasteiger partial charge in [0.15, 0.2) is 17.8 Å². The Labute approximate surface area is 152 Å². The number of rotatable bonds is 7. The molecular formula is C17H27NO8. The molecule has 26 heavy (non-hydrogen) atoms. The summed E-state index contributed by atoms with van der Waals surface area (Å²) in [6.07, 6.45) is -1.34. The third-order valence-corrected chi connectivity index (χ3v) is 4.50. The fraction of sp³-hybridized carbons (Fsp3) is 0.824. The fourth-order valence-corrected chi connectivity index (χ4v) is 3.43. The van der Waals surface area contributed by atoms with Crippen molar-refractivity contribution in [3.05, 3.63) is 0 Å². The van der Waals surface area contributed by atoms with E-state index in [2.05, 4.69) is 0 Å². The molecule has 4 unspecified atom stereocenters. The Hall–Kier alpha value is -1.71. The van der Waals surface area contributed by atoms with E-state index in [-0.39, 0.29) is 6.61 Å². The molecule has 4 atom stereocenters. The number of likely N-dealkylation sites (N-methyl/N-ethyl adjacent to an activating group) is 1. The molecule has 9 nitrogen and oxygen atoms in total. The van der Waals surface area contributed by atoms with E-state index in [9.17, 15) is 14.4 Å². The Morgan fingerprint density at radius 1 is 1.00 bits per heavy atom. The highest BCUT2D eigenvalue weighted by Crippen LogP contribution is 2.49. The molecule has 0 aromatic heterocycles. The van der Waals surface area contributed by atoms with Crippen LogP contribution in [0, 0.1) is 0 Å². The first-order valence-corrected chi connectivity index (χ1v) is 8.57. The van der Waals surface area contributed by atoms with Crippen molar-refractivity contribution in [3.8, 4) is 0 Å². The molecule has 2 aliphatic heterocycles. The van der Waals surface area contributed by atoms with Crippen molar-refractivity contribution in [2.24, 2.45) is 0 Å². The summed E-state index contributed by atoms with van der Waals surface area (Å²) in [6.45, 7) is 4.71. The van der Waals surface area contributed by atoms with Gasteiger partial charge in [0.1, 0.15) is 0 Å². The molecule has 2 heterocycles. The normalized spacial score (nSPS) is 33.0. The zero-order chi connectivity index (χ0) is 19.5. The lowest BCUT2D eigenvalue weighted by molar-refractivity contribution is -0.390. The van der Waals surface area contributed by atoms with Gasteiger partial charge < -0.3 is 28.6 Å². The Kier molecular flexibility index (Phi) is 6.25. The van der Waals surface area contributed by atoms with E-state index in [4.69, 9.17) is 23.7 Å². The maximum atomic E-state index is 11.7. The SMILES string of the molecule is CC(=O)OC1C(OC(C)=O)C2(OCCN(C)C)CCC1(OC(C)=O)CO2. The molecule has 0 aromatic carbocycles. The number of carbonyl (C=O) groups excluding carboxylic acids is 3. The molecule has 1 saturated carbocycles. The van der Waals surface area contributed by atoms with Crippen molar-refractivity contribution in [3.63, 3.8) is 0 Å². The lowest BCUT2D eigenvalue weighted by Gasteiger charge is -2.57. The predicted octanol–water partition coefficient (Wildman–Crippen LogP) is 0.250. The average Bonchev–Trinajstić information content (AvgIpc) is 2.50. The highest BCUT2D eigenvalue weighted by atomic mass is 16.7. The molecule has 0 amide bonds. The van der Waals surface area contributed by atoms with Gasteiger partial charge in [-0.2, -0.15) is 0 Å². The molecule has 2 saturated heterocycles. The number of fused-ring (bicyclic) bond motifs is 3. The molecule has 0 aromatic rings. The van der Waals surface area contributed by atoms with Crippen molar-refractivity contribution < 1.29 is 38.1 Å². The monoisotopic (exact) mass is 373 g/mol. The summed E-state index contributed by atoms with van der Waals surface area (Å²) < 4.78 is 28.2. The Morgan fingerprint density at radius 2 is 1.62 bits per heavy atom. The zero-order valence-corrected chi connectivity index (χ0v) is 15.9. The Balaban J connectivity index is 2.34. The maximum absolute atomic E-state index is 11.7. The molecular weight excluding hydrogens is 346 g/mol. The summed E-state index contributed by atoms with van der Waals surface area (Å²) in [5.41, 5.74) is -1.20. The zero-order valence-electron chi connectivity index (χ0n) is 15.9. The van der Waals surface area contributed by atoms with E-state index < -0.39 is 41.5 Å². The molecule has 3 rings (SSSR count). The van der Waals surface area contributed by atoms with Crippen LogP contribution in [-0.2, 0) is 38.1 Å². The number of ether oxygens (including phenoxy) is 5. The molecule has 9 heteroatoms. The molecule has 0 spiro atoms. The standard InChI is InChI=1S/C17H27NO8/c1-11(19)24-14-15(25-12(2)20)17(22-9-8-18(4)5)7-6-16(14,10-23-17)26-13(3)21/h14-15H,6-10H2,1-5H3. The summed E-state index contributed by atoms with van der Waals surface area (Å²) in [4.78, 5) is 36.9. The van der Waals surface area contributed by atoms with Crippen LogP contribution in [0.15, 0.2) is 0 Å². The largest absolute Gasteiger partial charge is 0.454 e. The van der Waals surface area contributed by atoms with E-state index in [0.29, 0.717) is 26.0 Å². The summed E-state index contributed by atoms with van der Waals surface area (Å²) in [6, 6.07) is 0. The van der Waals surface area contributed by atoms with Crippen LogP contribution < -0.4 is 0 Å². The number of hydrogen-bond acceptors (Lipinski definition) is 9. The predicted molar refractivity (Wildman–Crippen MR) is 88.0 cm³/mol. The highest BCUT2D eigenvalue weighted by Gasteiger charge is 2.68. The summed E-state index contributed by atoms with van der Waals surface area (Å²) in [7, 11) is 3.81. The van der Waals surface area contributed by atoms with Gasteiger partial charge in [0.25, 0.3) is 0 Å². The number of nitrogens with zero attached hydrogens (tertiary/aromatic N) is 1. The first-order chi connectivity index (χ1) is 12.1. The van der Waals surface area contributed by atoms with Gasteiger partial charge in [0, 0.05) is 33.7 Å². The maximum Gasteiger partial charge on any atom is 0.303 e. The third-order valence-electron chi connectivity index (χ3n) is 4.50. The first kappa shape index (κ1) is 20.6. The van der Waals surface area contributed by atoms with Gasteiger partial charge in [-0.25, -0.2) is 0 Å². The Morgan fingerprint density at radius 3 is 2.08 bits per heavy atom. The average molecular weight is 373 g/mol. The second-order valence-electron chi connectivity index (χ2n) is 6.97. The Bertz CT molecular complexity index is 553. The van der Waals surface area contributed by atoms with Crippen molar-refractivity contribution in [2.75, 3.05) is 33.9 Å². The molecule has 3 aliphatic rings. The van der Waals surface area contributed by atoms with Crippen molar-refractivity contribution in [1.29, 1.82) is 0 Å². The third kappa shape index (κ3) is 4.33. The van der Waals surface area contributed by atoms with Crippen LogP contribution in [0.2, 0.25) is 0 Å². The first-order valence-electron chi connectivity index (χ1n) is 8.57. The smallest absolute Gasteiger partial charge is 0.303 e. The highest BCUT2D eigenvalue weighted by molar-refractivity contribution is 5.69. The molecule has 2 bridgehead atoms. The second-order valence-corrected chi connectivity index (χ2v) is 6.97. The van der Waals surface area contributed by atoms with Crippen LogP contribution in [-0.4, -0.2) is 80.3 Å². The van der Waals surface area contributed by atoms with Crippen molar-refractivity contribution in [1.82, 2.24) is 4.90 Å². The molecule has 148 valence electrons. The minimum Gasteiger partial charge on any atom is -0.454 e. The van der Waals surface area contributed by atoms with E-state index >= 15 is 0 Å². The van der Waals surface area contributed by atoms with Crippen LogP contribution in [0.3, 0.4) is 0 Å². The second kappa shape index (κ2) is 7.89. The molecule has 3 fully saturated rings. The molecule has 0 N–H and O–H groups in total. The fourth-order valence-electron chi connectivity index (χ4n) is 3.43. The van der Waals surface area contributed by atoms with Gasteiger partial charge in [-0.15, -0.1) is 0 Å². The van der Waals surface area contributed by atoms with Crippen LogP contribution in [0.4, 0.5) is 0 Å². The van der Waals surface area contributed by atoms with Crippen molar-refractivity contribution in [2.45, 2.75) is 57.2 Å². The molecule has 0 radical (unpaired) electrons. The topological polar surface area (TPSA) is 101 Å².